The molecule has 25 heavy (non-hydrogen) atoms. The molecule has 0 unspecified atom stereocenters. The summed E-state index contributed by atoms with van der Waals surface area (Å²) in [6.07, 6.45) is 0. The van der Waals surface area contributed by atoms with E-state index in [9.17, 15) is 0 Å². The number of nitrogens with one attached hydrogen (secondary N) is 1. The van der Waals surface area contributed by atoms with Crippen LogP contribution in [0, 0.1) is 0 Å². The number of hydrogen-bond acceptors (Lipinski definition) is 5. The molecule has 0 saturated heterocycles. The summed E-state index contributed by atoms with van der Waals surface area (Å²) >= 11 is 1.64. The van der Waals surface area contributed by atoms with Crippen LogP contribution in [0.25, 0.3) is 0 Å². The molecular formula is C18H27N5OS. The molecule has 1 N–H and O–H groups in total. The Labute approximate surface area is 154 Å². The van der Waals surface area contributed by atoms with Crippen molar-refractivity contribution in [2.45, 2.75) is 20.0 Å². The molecule has 1 heterocycles. The Morgan fingerprint density at radius 2 is 1.96 bits per heavy atom. The zero-order chi connectivity index (χ0) is 18.2. The van der Waals surface area contributed by atoms with Crippen LogP contribution in [-0.4, -0.2) is 50.6 Å². The summed E-state index contributed by atoms with van der Waals surface area (Å²) in [4.78, 5) is 13.0. The number of thiazole rings is 1. The fourth-order valence-electron chi connectivity index (χ4n) is 2.34. The first-order valence-electron chi connectivity index (χ1n) is 8.28. The lowest BCUT2D eigenvalue weighted by Crippen LogP contribution is -2.38. The van der Waals surface area contributed by atoms with Crippen LogP contribution in [0.3, 0.4) is 0 Å². The third-order valence-corrected chi connectivity index (χ3v) is 4.63. The Balaban J connectivity index is 1.90. The van der Waals surface area contributed by atoms with Crippen LogP contribution >= 0.6 is 11.3 Å². The molecule has 2 aromatic rings. The van der Waals surface area contributed by atoms with Gasteiger partial charge in [-0.15, -0.1) is 11.3 Å². The Morgan fingerprint density at radius 1 is 1.24 bits per heavy atom. The average Bonchev–Trinajstić information content (AvgIpc) is 3.07. The highest BCUT2D eigenvalue weighted by molar-refractivity contribution is 7.13. The van der Waals surface area contributed by atoms with Crippen LogP contribution in [0.1, 0.15) is 18.2 Å². The van der Waals surface area contributed by atoms with Crippen molar-refractivity contribution in [1.82, 2.24) is 15.2 Å². The molecule has 0 saturated carbocycles. The predicted octanol–water partition coefficient (Wildman–Crippen LogP) is 2.82. The second kappa shape index (κ2) is 9.27. The van der Waals surface area contributed by atoms with E-state index in [1.807, 2.05) is 45.1 Å². The summed E-state index contributed by atoms with van der Waals surface area (Å²) in [7, 11) is 7.82. The quantitative estimate of drug-likeness (QED) is 0.607. The minimum atomic E-state index is 0.657. The van der Waals surface area contributed by atoms with Crippen molar-refractivity contribution in [3.63, 3.8) is 0 Å². The molecule has 0 aliphatic rings. The molecule has 6 nitrogen and oxygen atoms in total. The van der Waals surface area contributed by atoms with E-state index < -0.39 is 0 Å². The Kier molecular flexibility index (Phi) is 7.06. The molecule has 0 aliphatic heterocycles. The largest absolute Gasteiger partial charge is 0.494 e. The molecular weight excluding hydrogens is 334 g/mol. The molecule has 0 spiro atoms. The molecule has 7 heteroatoms. The minimum Gasteiger partial charge on any atom is -0.494 e. The van der Waals surface area contributed by atoms with E-state index in [0.717, 1.165) is 29.1 Å². The van der Waals surface area contributed by atoms with Gasteiger partial charge in [-0.3, -0.25) is 4.99 Å². The van der Waals surface area contributed by atoms with Crippen molar-refractivity contribution in [3.05, 3.63) is 40.9 Å². The summed E-state index contributed by atoms with van der Waals surface area (Å²) < 4.78 is 5.48. The van der Waals surface area contributed by atoms with Crippen molar-refractivity contribution in [2.24, 2.45) is 4.99 Å². The first-order valence-corrected chi connectivity index (χ1v) is 9.16. The maximum absolute atomic E-state index is 5.48. The Hall–Kier alpha value is -2.28. The predicted molar refractivity (Wildman–Crippen MR) is 106 cm³/mol. The number of rotatable bonds is 7. The van der Waals surface area contributed by atoms with Gasteiger partial charge in [0, 0.05) is 40.1 Å². The first kappa shape index (κ1) is 19.1. The van der Waals surface area contributed by atoms with E-state index in [2.05, 4.69) is 37.7 Å². The normalized spacial score (nSPS) is 11.3. The molecule has 1 aromatic carbocycles. The standard InChI is InChI=1S/C18H27N5OS/c1-6-24-16-9-7-14(8-10-16)12-23(5)17(19-2)20-11-15-13-25-18(21-15)22(3)4/h7-10,13H,6,11-12H2,1-5H3,(H,19,20). The van der Waals surface area contributed by atoms with Gasteiger partial charge in [0.15, 0.2) is 11.1 Å². The van der Waals surface area contributed by atoms with Gasteiger partial charge in [-0.1, -0.05) is 12.1 Å². The first-order chi connectivity index (χ1) is 12.0. The molecule has 2 rings (SSSR count). The number of nitrogens with zero attached hydrogens (tertiary/aromatic N) is 4. The summed E-state index contributed by atoms with van der Waals surface area (Å²) in [6.45, 7) is 4.10. The number of ether oxygens (including phenoxy) is 1. The number of guanidine groups is 1. The molecule has 0 fully saturated rings. The van der Waals surface area contributed by atoms with Crippen LogP contribution in [-0.2, 0) is 13.1 Å². The number of aliphatic imine (C=N–C) groups is 1. The summed E-state index contributed by atoms with van der Waals surface area (Å²) in [5, 5.41) is 6.45. The van der Waals surface area contributed by atoms with Gasteiger partial charge in [-0.05, 0) is 24.6 Å². The molecule has 1 aromatic heterocycles. The van der Waals surface area contributed by atoms with Crippen LogP contribution in [0.15, 0.2) is 34.6 Å². The summed E-state index contributed by atoms with van der Waals surface area (Å²) in [5.41, 5.74) is 2.22. The summed E-state index contributed by atoms with van der Waals surface area (Å²) in [5.74, 6) is 1.74. The minimum absolute atomic E-state index is 0.657. The zero-order valence-corrected chi connectivity index (χ0v) is 16.4. The lowest BCUT2D eigenvalue weighted by atomic mass is 10.2. The Morgan fingerprint density at radius 3 is 2.52 bits per heavy atom. The maximum Gasteiger partial charge on any atom is 0.194 e. The van der Waals surface area contributed by atoms with E-state index in [-0.39, 0.29) is 0 Å². The number of benzene rings is 1. The fraction of sp³-hybridized carbons (Fsp3) is 0.444. The third kappa shape index (κ3) is 5.63. The van der Waals surface area contributed by atoms with Crippen molar-refractivity contribution in [1.29, 1.82) is 0 Å². The monoisotopic (exact) mass is 361 g/mol. The van der Waals surface area contributed by atoms with Gasteiger partial charge < -0.3 is 19.9 Å². The molecule has 0 amide bonds. The topological polar surface area (TPSA) is 53.0 Å². The summed E-state index contributed by atoms with van der Waals surface area (Å²) in [6, 6.07) is 8.17. The van der Waals surface area contributed by atoms with Gasteiger partial charge in [0.25, 0.3) is 0 Å². The average molecular weight is 362 g/mol. The smallest absolute Gasteiger partial charge is 0.194 e. The second-order valence-electron chi connectivity index (χ2n) is 5.85. The highest BCUT2D eigenvalue weighted by Crippen LogP contribution is 2.18. The highest BCUT2D eigenvalue weighted by atomic mass is 32.1. The Bertz CT molecular complexity index is 681. The van der Waals surface area contributed by atoms with Gasteiger partial charge in [0.05, 0.1) is 18.8 Å². The number of aromatic nitrogens is 1. The molecule has 0 bridgehead atoms. The van der Waals surface area contributed by atoms with Gasteiger partial charge in [-0.2, -0.15) is 0 Å². The van der Waals surface area contributed by atoms with E-state index in [4.69, 9.17) is 4.74 Å². The van der Waals surface area contributed by atoms with Crippen molar-refractivity contribution < 1.29 is 4.74 Å². The van der Waals surface area contributed by atoms with E-state index >= 15 is 0 Å². The van der Waals surface area contributed by atoms with Gasteiger partial charge in [0.2, 0.25) is 0 Å². The van der Waals surface area contributed by atoms with E-state index in [1.165, 1.54) is 5.56 Å². The zero-order valence-electron chi connectivity index (χ0n) is 15.6. The van der Waals surface area contributed by atoms with Crippen LogP contribution in [0.2, 0.25) is 0 Å². The lowest BCUT2D eigenvalue weighted by Gasteiger charge is -2.22. The third-order valence-electron chi connectivity index (χ3n) is 3.58. The molecule has 136 valence electrons. The van der Waals surface area contributed by atoms with Crippen molar-refractivity contribution in [3.8, 4) is 5.75 Å². The number of hydrogen-bond donors (Lipinski definition) is 1. The maximum atomic E-state index is 5.48. The van der Waals surface area contributed by atoms with Crippen molar-refractivity contribution >= 4 is 22.4 Å². The molecule has 0 radical (unpaired) electrons. The van der Waals surface area contributed by atoms with Crippen LogP contribution < -0.4 is 15.0 Å². The van der Waals surface area contributed by atoms with Crippen molar-refractivity contribution in [2.75, 3.05) is 39.7 Å². The van der Waals surface area contributed by atoms with Gasteiger partial charge in [-0.25, -0.2) is 4.98 Å². The highest BCUT2D eigenvalue weighted by Gasteiger charge is 2.09. The second-order valence-corrected chi connectivity index (χ2v) is 6.69. The van der Waals surface area contributed by atoms with E-state index in [1.54, 1.807) is 18.4 Å². The van der Waals surface area contributed by atoms with Crippen LogP contribution in [0.5, 0.6) is 5.75 Å². The van der Waals surface area contributed by atoms with Gasteiger partial charge in [0.1, 0.15) is 5.75 Å². The SMILES string of the molecule is CCOc1ccc(CN(C)C(=NC)NCc2csc(N(C)C)n2)cc1. The number of anilines is 1. The van der Waals surface area contributed by atoms with E-state index in [0.29, 0.717) is 13.2 Å². The molecule has 0 aliphatic carbocycles. The van der Waals surface area contributed by atoms with Crippen LogP contribution in [0.4, 0.5) is 5.13 Å². The van der Waals surface area contributed by atoms with Gasteiger partial charge >= 0.3 is 0 Å². The fourth-order valence-corrected chi connectivity index (χ4v) is 3.10. The molecule has 0 atom stereocenters. The lowest BCUT2D eigenvalue weighted by molar-refractivity contribution is 0.340.